The van der Waals surface area contributed by atoms with Crippen LogP contribution >= 0.6 is 0 Å². The van der Waals surface area contributed by atoms with E-state index < -0.39 is 0 Å². The van der Waals surface area contributed by atoms with E-state index >= 15 is 0 Å². The molecule has 0 aliphatic rings. The Kier molecular flexibility index (Phi) is 3.25. The summed E-state index contributed by atoms with van der Waals surface area (Å²) in [5.74, 6) is 0.238. The van der Waals surface area contributed by atoms with Crippen molar-refractivity contribution in [1.82, 2.24) is 0 Å². The summed E-state index contributed by atoms with van der Waals surface area (Å²) in [6, 6.07) is 9.87. The van der Waals surface area contributed by atoms with Crippen LogP contribution in [0.15, 0.2) is 59.4 Å². The average molecular weight is 229 g/mol. The number of aromatic hydroxyl groups is 1. The minimum Gasteiger partial charge on any atom is -0.508 e. The Morgan fingerprint density at radius 1 is 1.29 bits per heavy atom. The summed E-state index contributed by atoms with van der Waals surface area (Å²) in [6.07, 6.45) is 4.31. The molecule has 0 aliphatic heterocycles. The van der Waals surface area contributed by atoms with Gasteiger partial charge < -0.3 is 14.8 Å². The predicted molar refractivity (Wildman–Crippen MR) is 63.9 cm³/mol. The average Bonchev–Trinajstić information content (AvgIpc) is 2.82. The van der Waals surface area contributed by atoms with Gasteiger partial charge in [-0.15, -0.1) is 0 Å². The van der Waals surface area contributed by atoms with Crippen LogP contribution in [-0.4, -0.2) is 10.9 Å². The smallest absolute Gasteiger partial charge is 0.222 e. The Hall–Kier alpha value is -2.49. The summed E-state index contributed by atoms with van der Waals surface area (Å²) < 4.78 is 4.95. The Balaban J connectivity index is 1.96. The van der Waals surface area contributed by atoms with Gasteiger partial charge in [-0.05, 0) is 24.3 Å². The first-order chi connectivity index (χ1) is 8.25. The molecular weight excluding hydrogens is 218 g/mol. The van der Waals surface area contributed by atoms with E-state index in [2.05, 4.69) is 5.32 Å². The molecule has 2 aromatic rings. The van der Waals surface area contributed by atoms with Gasteiger partial charge in [0.25, 0.3) is 0 Å². The van der Waals surface area contributed by atoms with Crippen LogP contribution in [0.25, 0.3) is 0 Å². The van der Waals surface area contributed by atoms with E-state index in [-0.39, 0.29) is 11.5 Å². The highest BCUT2D eigenvalue weighted by Crippen LogP contribution is 2.15. The maximum Gasteiger partial charge on any atom is 0.222 e. The monoisotopic (exact) mass is 229 g/mol. The summed E-state index contributed by atoms with van der Waals surface area (Å²) in [4.78, 5) is 11.5. The third-order valence-electron chi connectivity index (χ3n) is 2.09. The van der Waals surface area contributed by atoms with Gasteiger partial charge in [0.2, 0.25) is 5.78 Å². The SMILES string of the molecule is O=C(C=CNc1cccc(O)c1)c1ccco1. The maximum absolute atomic E-state index is 11.5. The van der Waals surface area contributed by atoms with Crippen molar-refractivity contribution >= 4 is 11.5 Å². The van der Waals surface area contributed by atoms with Crippen LogP contribution < -0.4 is 5.32 Å². The summed E-state index contributed by atoms with van der Waals surface area (Å²) in [7, 11) is 0. The maximum atomic E-state index is 11.5. The van der Waals surface area contributed by atoms with E-state index in [1.165, 1.54) is 18.5 Å². The number of anilines is 1. The molecule has 86 valence electrons. The van der Waals surface area contributed by atoms with Crippen LogP contribution in [0.1, 0.15) is 10.6 Å². The lowest BCUT2D eigenvalue weighted by Crippen LogP contribution is -1.94. The van der Waals surface area contributed by atoms with Crippen LogP contribution in [0, 0.1) is 0 Å². The van der Waals surface area contributed by atoms with Gasteiger partial charge in [-0.3, -0.25) is 4.79 Å². The lowest BCUT2D eigenvalue weighted by atomic mass is 10.3. The zero-order valence-electron chi connectivity index (χ0n) is 8.96. The molecule has 2 rings (SSSR count). The summed E-state index contributed by atoms with van der Waals surface area (Å²) >= 11 is 0. The van der Waals surface area contributed by atoms with Crippen LogP contribution in [0.5, 0.6) is 5.75 Å². The molecule has 1 aromatic heterocycles. The summed E-state index contributed by atoms with van der Waals surface area (Å²) in [5.41, 5.74) is 0.702. The van der Waals surface area contributed by atoms with E-state index in [9.17, 15) is 9.90 Å². The van der Waals surface area contributed by atoms with Gasteiger partial charge >= 0.3 is 0 Å². The van der Waals surface area contributed by atoms with Crippen molar-refractivity contribution in [3.05, 3.63) is 60.7 Å². The molecule has 0 spiro atoms. The zero-order valence-corrected chi connectivity index (χ0v) is 8.96. The summed E-state index contributed by atoms with van der Waals surface area (Å²) in [6.45, 7) is 0. The molecule has 2 N–H and O–H groups in total. The molecule has 1 aromatic carbocycles. The Bertz CT molecular complexity index is 529. The van der Waals surface area contributed by atoms with Crippen LogP contribution in [0.3, 0.4) is 0 Å². The number of hydrogen-bond acceptors (Lipinski definition) is 4. The molecule has 0 radical (unpaired) electrons. The zero-order chi connectivity index (χ0) is 12.1. The number of carbonyl (C=O) groups is 1. The van der Waals surface area contributed by atoms with Crippen molar-refractivity contribution < 1.29 is 14.3 Å². The van der Waals surface area contributed by atoms with Crippen molar-refractivity contribution in [3.8, 4) is 5.75 Å². The fraction of sp³-hybridized carbons (Fsp3) is 0. The first-order valence-electron chi connectivity index (χ1n) is 5.05. The van der Waals surface area contributed by atoms with Crippen LogP contribution in [0.4, 0.5) is 5.69 Å². The second-order valence-electron chi connectivity index (χ2n) is 3.37. The number of nitrogens with one attached hydrogen (secondary N) is 1. The van der Waals surface area contributed by atoms with Gasteiger partial charge in [0.05, 0.1) is 6.26 Å². The van der Waals surface area contributed by atoms with Gasteiger partial charge in [0.1, 0.15) is 5.75 Å². The first-order valence-corrected chi connectivity index (χ1v) is 5.05. The number of furan rings is 1. The number of rotatable bonds is 4. The van der Waals surface area contributed by atoms with E-state index in [4.69, 9.17) is 4.42 Å². The van der Waals surface area contributed by atoms with E-state index in [0.717, 1.165) is 0 Å². The highest BCUT2D eigenvalue weighted by molar-refractivity contribution is 6.02. The summed E-state index contributed by atoms with van der Waals surface area (Å²) in [5, 5.41) is 12.1. The fourth-order valence-electron chi connectivity index (χ4n) is 1.31. The molecule has 0 unspecified atom stereocenters. The highest BCUT2D eigenvalue weighted by atomic mass is 16.3. The number of hydrogen-bond donors (Lipinski definition) is 2. The molecule has 0 atom stereocenters. The van der Waals surface area contributed by atoms with Gasteiger partial charge in [-0.1, -0.05) is 6.07 Å². The molecule has 0 aliphatic carbocycles. The Morgan fingerprint density at radius 2 is 2.18 bits per heavy atom. The van der Waals surface area contributed by atoms with E-state index in [1.807, 2.05) is 0 Å². The first kappa shape index (κ1) is 11.0. The second kappa shape index (κ2) is 5.03. The molecular formula is C13H11NO3. The normalized spacial score (nSPS) is 10.6. The van der Waals surface area contributed by atoms with Crippen molar-refractivity contribution in [2.45, 2.75) is 0 Å². The molecule has 0 saturated heterocycles. The molecule has 17 heavy (non-hydrogen) atoms. The second-order valence-corrected chi connectivity index (χ2v) is 3.37. The topological polar surface area (TPSA) is 62.5 Å². The Morgan fingerprint density at radius 3 is 2.88 bits per heavy atom. The minimum absolute atomic E-state index is 0.167. The third kappa shape index (κ3) is 2.98. The number of carbonyl (C=O) groups excluding carboxylic acids is 1. The minimum atomic E-state index is -0.220. The molecule has 4 heteroatoms. The highest BCUT2D eigenvalue weighted by Gasteiger charge is 2.02. The van der Waals surface area contributed by atoms with E-state index in [1.54, 1.807) is 36.4 Å². The van der Waals surface area contributed by atoms with Crippen molar-refractivity contribution in [3.63, 3.8) is 0 Å². The predicted octanol–water partition coefficient (Wildman–Crippen LogP) is 2.79. The number of allylic oxidation sites excluding steroid dienone is 1. The molecule has 0 bridgehead atoms. The fourth-order valence-corrected chi connectivity index (χ4v) is 1.31. The number of phenols is 1. The Labute approximate surface area is 98.2 Å². The molecule has 0 amide bonds. The molecule has 1 heterocycles. The molecule has 4 nitrogen and oxygen atoms in total. The van der Waals surface area contributed by atoms with E-state index in [0.29, 0.717) is 11.4 Å². The standard InChI is InChI=1S/C13H11NO3/c15-11-4-1-3-10(9-11)14-7-6-12(16)13-5-2-8-17-13/h1-9,14-15H. The van der Waals surface area contributed by atoms with Crippen LogP contribution in [0.2, 0.25) is 0 Å². The van der Waals surface area contributed by atoms with Gasteiger partial charge in [-0.2, -0.15) is 0 Å². The molecule has 0 saturated carbocycles. The van der Waals surface area contributed by atoms with Gasteiger partial charge in [-0.25, -0.2) is 0 Å². The van der Waals surface area contributed by atoms with Crippen molar-refractivity contribution in [2.24, 2.45) is 0 Å². The number of benzene rings is 1. The molecule has 0 fully saturated rings. The quantitative estimate of drug-likeness (QED) is 0.625. The van der Waals surface area contributed by atoms with Crippen LogP contribution in [-0.2, 0) is 0 Å². The van der Waals surface area contributed by atoms with Crippen molar-refractivity contribution in [1.29, 1.82) is 0 Å². The number of ketones is 1. The number of phenolic OH excluding ortho intramolecular Hbond substituents is 1. The van der Waals surface area contributed by atoms with Gasteiger partial charge in [0, 0.05) is 24.0 Å². The largest absolute Gasteiger partial charge is 0.508 e. The lowest BCUT2D eigenvalue weighted by molar-refractivity contribution is 0.102. The van der Waals surface area contributed by atoms with Gasteiger partial charge in [0.15, 0.2) is 5.76 Å². The van der Waals surface area contributed by atoms with Crippen molar-refractivity contribution in [2.75, 3.05) is 5.32 Å². The third-order valence-corrected chi connectivity index (χ3v) is 2.09. The lowest BCUT2D eigenvalue weighted by Gasteiger charge is -2.00.